The number of unbranched alkanes of at least 4 members (excludes halogenated alkanes) is 1. The predicted octanol–water partition coefficient (Wildman–Crippen LogP) is 3.55. The van der Waals surface area contributed by atoms with Gasteiger partial charge in [0.25, 0.3) is 0 Å². The Labute approximate surface area is 81.0 Å². The van der Waals surface area contributed by atoms with Gasteiger partial charge in [0, 0.05) is 5.92 Å². The minimum atomic E-state index is 0.196. The van der Waals surface area contributed by atoms with Crippen LogP contribution in [-0.2, 0) is 0 Å². The van der Waals surface area contributed by atoms with Crippen LogP contribution in [-0.4, -0.2) is 0 Å². The molecule has 1 atom stereocenters. The van der Waals surface area contributed by atoms with Gasteiger partial charge in [-0.05, 0) is 18.4 Å². The van der Waals surface area contributed by atoms with Gasteiger partial charge in [0.15, 0.2) is 0 Å². The second-order valence-electron chi connectivity index (χ2n) is 3.25. The van der Waals surface area contributed by atoms with Crippen molar-refractivity contribution in [3.05, 3.63) is 42.3 Å². The number of hydrogen-bond acceptors (Lipinski definition) is 0. The predicted molar refractivity (Wildman–Crippen MR) is 55.8 cm³/mol. The van der Waals surface area contributed by atoms with Gasteiger partial charge in [-0.2, -0.15) is 0 Å². The van der Waals surface area contributed by atoms with E-state index in [1.54, 1.807) is 0 Å². The highest BCUT2D eigenvalue weighted by Gasteiger charge is 2.05. The van der Waals surface area contributed by atoms with Crippen LogP contribution in [0.3, 0.4) is 0 Å². The summed E-state index contributed by atoms with van der Waals surface area (Å²) in [5.41, 5.74) is 1.21. The van der Waals surface area contributed by atoms with E-state index in [1.807, 2.05) is 18.2 Å². The Morgan fingerprint density at radius 3 is 2.54 bits per heavy atom. The highest BCUT2D eigenvalue weighted by molar-refractivity contribution is 5.25. The standard InChI is InChI=1S/C13H15/c1-3-5-9-12(4-2)13-10-7-6-8-11-13/h6-8,10-12H,3,5,9H2,1H3. The van der Waals surface area contributed by atoms with Gasteiger partial charge in [-0.15, -0.1) is 0 Å². The van der Waals surface area contributed by atoms with Crippen LogP contribution < -0.4 is 0 Å². The minimum absolute atomic E-state index is 0.196. The smallest absolute Gasteiger partial charge is 0.0462 e. The fourth-order valence-electron chi connectivity index (χ4n) is 1.42. The Bertz CT molecular complexity index is 266. The molecule has 0 spiro atoms. The Morgan fingerprint density at radius 2 is 2.00 bits per heavy atom. The molecule has 0 bridgehead atoms. The van der Waals surface area contributed by atoms with Gasteiger partial charge in [0.2, 0.25) is 0 Å². The van der Waals surface area contributed by atoms with Crippen LogP contribution in [0, 0.1) is 12.3 Å². The SMILES string of the molecule is [C]#CC(CCCC)c1ccccc1. The second-order valence-corrected chi connectivity index (χ2v) is 3.25. The van der Waals surface area contributed by atoms with Crippen molar-refractivity contribution in [2.45, 2.75) is 32.1 Å². The van der Waals surface area contributed by atoms with Crippen LogP contribution in [0.15, 0.2) is 30.3 Å². The zero-order valence-electron chi connectivity index (χ0n) is 8.09. The first-order valence-electron chi connectivity index (χ1n) is 4.85. The first-order chi connectivity index (χ1) is 6.38. The van der Waals surface area contributed by atoms with E-state index < -0.39 is 0 Å². The maximum Gasteiger partial charge on any atom is 0.0462 e. The third-order valence-electron chi connectivity index (χ3n) is 2.22. The van der Waals surface area contributed by atoms with E-state index in [0.29, 0.717) is 0 Å². The molecule has 0 saturated heterocycles. The molecule has 1 aromatic carbocycles. The van der Waals surface area contributed by atoms with Crippen LogP contribution in [0.2, 0.25) is 0 Å². The summed E-state index contributed by atoms with van der Waals surface area (Å²) in [5, 5.41) is 0. The molecule has 1 radical (unpaired) electrons. The van der Waals surface area contributed by atoms with Gasteiger partial charge >= 0.3 is 0 Å². The molecule has 1 unspecified atom stereocenters. The lowest BCUT2D eigenvalue weighted by Crippen LogP contribution is -1.94. The zero-order valence-corrected chi connectivity index (χ0v) is 8.09. The summed E-state index contributed by atoms with van der Waals surface area (Å²) in [6.07, 6.45) is 10.6. The molecule has 1 aromatic rings. The summed E-state index contributed by atoms with van der Waals surface area (Å²) in [5.74, 6) is 2.80. The average molecular weight is 171 g/mol. The van der Waals surface area contributed by atoms with Gasteiger partial charge in [0.1, 0.15) is 0 Å². The fraction of sp³-hybridized carbons (Fsp3) is 0.385. The topological polar surface area (TPSA) is 0 Å². The van der Waals surface area contributed by atoms with Crippen LogP contribution in [0.1, 0.15) is 37.7 Å². The summed E-state index contributed by atoms with van der Waals surface area (Å²) in [7, 11) is 0. The first-order valence-corrected chi connectivity index (χ1v) is 4.85. The van der Waals surface area contributed by atoms with E-state index in [0.717, 1.165) is 6.42 Å². The van der Waals surface area contributed by atoms with E-state index in [1.165, 1.54) is 18.4 Å². The van der Waals surface area contributed by atoms with E-state index >= 15 is 0 Å². The third-order valence-corrected chi connectivity index (χ3v) is 2.22. The van der Waals surface area contributed by atoms with Crippen molar-refractivity contribution in [2.75, 3.05) is 0 Å². The third kappa shape index (κ3) is 2.95. The normalized spacial score (nSPS) is 12.0. The molecule has 0 aliphatic rings. The molecule has 0 aliphatic heterocycles. The maximum atomic E-state index is 7.23. The number of benzene rings is 1. The van der Waals surface area contributed by atoms with E-state index in [-0.39, 0.29) is 5.92 Å². The second kappa shape index (κ2) is 5.43. The molecule has 67 valence electrons. The van der Waals surface area contributed by atoms with Crippen LogP contribution in [0.5, 0.6) is 0 Å². The molecule has 1 rings (SSSR count). The molecule has 13 heavy (non-hydrogen) atoms. The van der Waals surface area contributed by atoms with E-state index in [9.17, 15) is 0 Å². The van der Waals surface area contributed by atoms with Gasteiger partial charge in [-0.25, -0.2) is 0 Å². The summed E-state index contributed by atoms with van der Waals surface area (Å²) in [6.45, 7) is 2.17. The van der Waals surface area contributed by atoms with Crippen LogP contribution >= 0.6 is 0 Å². The van der Waals surface area contributed by atoms with Crippen molar-refractivity contribution in [3.63, 3.8) is 0 Å². The summed E-state index contributed by atoms with van der Waals surface area (Å²) in [4.78, 5) is 0. The van der Waals surface area contributed by atoms with Gasteiger partial charge in [-0.3, -0.25) is 0 Å². The molecule has 0 nitrogen and oxygen atoms in total. The number of hydrogen-bond donors (Lipinski definition) is 0. The van der Waals surface area contributed by atoms with E-state index in [2.05, 4.69) is 25.0 Å². The van der Waals surface area contributed by atoms with E-state index in [4.69, 9.17) is 6.42 Å². The molecular weight excluding hydrogens is 156 g/mol. The largest absolute Gasteiger partial charge is 0.0809 e. The lowest BCUT2D eigenvalue weighted by atomic mass is 9.95. The average Bonchev–Trinajstić information content (AvgIpc) is 2.21. The Hall–Kier alpha value is -1.22. The molecule has 0 N–H and O–H groups in total. The van der Waals surface area contributed by atoms with Crippen molar-refractivity contribution in [2.24, 2.45) is 0 Å². The van der Waals surface area contributed by atoms with Gasteiger partial charge in [0.05, 0.1) is 0 Å². The van der Waals surface area contributed by atoms with Crippen LogP contribution in [0.4, 0.5) is 0 Å². The first kappa shape index (κ1) is 9.86. The fourth-order valence-corrected chi connectivity index (χ4v) is 1.42. The monoisotopic (exact) mass is 171 g/mol. The van der Waals surface area contributed by atoms with Crippen molar-refractivity contribution >= 4 is 0 Å². The molecular formula is C13H15. The Balaban J connectivity index is 2.63. The lowest BCUT2D eigenvalue weighted by molar-refractivity contribution is 0.675. The Kier molecular flexibility index (Phi) is 4.12. The Morgan fingerprint density at radius 1 is 1.31 bits per heavy atom. The number of rotatable bonds is 4. The van der Waals surface area contributed by atoms with Crippen molar-refractivity contribution in [1.82, 2.24) is 0 Å². The van der Waals surface area contributed by atoms with Gasteiger partial charge < -0.3 is 0 Å². The minimum Gasteiger partial charge on any atom is -0.0809 e. The lowest BCUT2D eigenvalue weighted by Gasteiger charge is -2.09. The van der Waals surface area contributed by atoms with Crippen molar-refractivity contribution in [3.8, 4) is 5.92 Å². The van der Waals surface area contributed by atoms with Crippen molar-refractivity contribution < 1.29 is 0 Å². The molecule has 0 aromatic heterocycles. The quantitative estimate of drug-likeness (QED) is 0.608. The maximum absolute atomic E-state index is 7.23. The highest BCUT2D eigenvalue weighted by atomic mass is 14.1. The van der Waals surface area contributed by atoms with Crippen LogP contribution in [0.25, 0.3) is 0 Å². The zero-order chi connectivity index (χ0) is 9.52. The summed E-state index contributed by atoms with van der Waals surface area (Å²) in [6, 6.07) is 10.2. The molecule has 0 aliphatic carbocycles. The summed E-state index contributed by atoms with van der Waals surface area (Å²) >= 11 is 0. The molecule has 0 heterocycles. The molecule has 0 amide bonds. The highest BCUT2D eigenvalue weighted by Crippen LogP contribution is 2.20. The molecule has 0 fully saturated rings. The summed E-state index contributed by atoms with van der Waals surface area (Å²) < 4.78 is 0. The van der Waals surface area contributed by atoms with Crippen molar-refractivity contribution in [1.29, 1.82) is 0 Å². The molecule has 0 heteroatoms. The molecule has 0 saturated carbocycles. The van der Waals surface area contributed by atoms with Gasteiger partial charge in [-0.1, -0.05) is 56.0 Å².